The number of nitrogens with zero attached hydrogens (tertiary/aromatic N) is 4. The average Bonchev–Trinajstić information content (AvgIpc) is 3.92. The topological polar surface area (TPSA) is 33.1 Å². The van der Waals surface area contributed by atoms with Crippen molar-refractivity contribution in [1.29, 1.82) is 0 Å². The molecule has 0 fully saturated rings. The fourth-order valence-corrected chi connectivity index (χ4v) is 9.68. The van der Waals surface area contributed by atoms with Crippen LogP contribution in [0.1, 0.15) is 79.3 Å². The molecule has 6 heteroatoms. The molecule has 1 aliphatic rings. The second kappa shape index (κ2) is 18.7. The van der Waals surface area contributed by atoms with Crippen LogP contribution in [0.25, 0.3) is 61.0 Å². The van der Waals surface area contributed by atoms with E-state index in [0.29, 0.717) is 11.5 Å². The van der Waals surface area contributed by atoms with E-state index in [9.17, 15) is 1.37 Å². The van der Waals surface area contributed by atoms with Gasteiger partial charge in [0.2, 0.25) is 5.69 Å². The van der Waals surface area contributed by atoms with E-state index in [1.54, 1.807) is 0 Å². The van der Waals surface area contributed by atoms with Crippen molar-refractivity contribution in [1.82, 2.24) is 18.7 Å². The quantitative estimate of drug-likeness (QED) is 0.107. The van der Waals surface area contributed by atoms with Gasteiger partial charge in [-0.3, -0.25) is 0 Å². The molecule has 8 aromatic carbocycles. The Morgan fingerprint density at radius 3 is 1.83 bits per heavy atom. The summed E-state index contributed by atoms with van der Waals surface area (Å²) in [5.74, 6) is 0.997. The molecule has 0 saturated heterocycles. The van der Waals surface area contributed by atoms with E-state index in [4.69, 9.17) is 9.72 Å². The summed E-state index contributed by atoms with van der Waals surface area (Å²) in [6.45, 7) is 17.2. The summed E-state index contributed by atoms with van der Waals surface area (Å²) in [5, 5.41) is 2.16. The summed E-state index contributed by atoms with van der Waals surface area (Å²) in [7, 11) is 0. The molecule has 3 heterocycles. The van der Waals surface area contributed by atoms with Crippen molar-refractivity contribution in [2.75, 3.05) is 0 Å². The number of benzene rings is 8. The van der Waals surface area contributed by atoms with Gasteiger partial charge in [0.25, 0.3) is 5.69 Å². The molecule has 1 aliphatic heterocycles. The van der Waals surface area contributed by atoms with E-state index in [1.807, 2.05) is 44.3 Å². The molecule has 2 aromatic heterocycles. The zero-order valence-electron chi connectivity index (χ0n) is 42.4. The van der Waals surface area contributed by atoms with Crippen LogP contribution in [0, 0.1) is 12.1 Å². The molecule has 0 unspecified atom stereocenters. The molecule has 350 valence electrons. The number of hydrogen-bond acceptors (Lipinski definition) is 2. The fraction of sp³-hybridized carbons (Fsp3) is 0.169. The second-order valence-corrected chi connectivity index (χ2v) is 20.5. The van der Waals surface area contributed by atoms with Crippen molar-refractivity contribution in [3.63, 3.8) is 0 Å². The Hall–Kier alpha value is -7.42. The molecule has 10 aromatic rings. The third-order valence-electron chi connectivity index (χ3n) is 13.4. The monoisotopic (exact) mass is 1100 g/mol. The molecule has 0 amide bonds. The van der Waals surface area contributed by atoms with E-state index in [-0.39, 0.29) is 31.9 Å². The van der Waals surface area contributed by atoms with Crippen molar-refractivity contribution < 1.29 is 27.2 Å². The maximum Gasteiger partial charge on any atom is 2.00 e. The van der Waals surface area contributed by atoms with Crippen molar-refractivity contribution in [2.45, 2.75) is 72.1 Å². The molecule has 71 heavy (non-hydrogen) atoms. The minimum absolute atomic E-state index is 0. The maximum absolute atomic E-state index is 9.52. The van der Waals surface area contributed by atoms with Gasteiger partial charge in [-0.1, -0.05) is 199 Å². The molecular weight excluding hydrogens is 1050 g/mol. The molecule has 0 saturated carbocycles. The average molecular weight is 1110 g/mol. The number of pyridine rings is 1. The number of rotatable bonds is 9. The Morgan fingerprint density at radius 2 is 1.20 bits per heavy atom. The van der Waals surface area contributed by atoms with E-state index in [0.717, 1.165) is 94.9 Å². The third kappa shape index (κ3) is 8.91. The number of aromatic nitrogens is 2. The normalized spacial score (nSPS) is 12.8. The first-order valence-corrected chi connectivity index (χ1v) is 24.1. The van der Waals surface area contributed by atoms with Gasteiger partial charge in [0.05, 0.1) is 11.1 Å². The van der Waals surface area contributed by atoms with Crippen molar-refractivity contribution >= 4 is 50.6 Å². The van der Waals surface area contributed by atoms with E-state index >= 15 is 0 Å². The molecule has 0 N–H and O–H groups in total. The fourth-order valence-electron chi connectivity index (χ4n) is 9.68. The Morgan fingerprint density at radius 1 is 0.563 bits per heavy atom. The number of fused-ring (bicyclic) bond motifs is 4. The summed E-state index contributed by atoms with van der Waals surface area (Å²) in [4.78, 5) is 4.96. The van der Waals surface area contributed by atoms with E-state index in [2.05, 4.69) is 231 Å². The maximum atomic E-state index is 9.52. The molecule has 0 spiro atoms. The molecule has 0 radical (unpaired) electrons. The van der Waals surface area contributed by atoms with E-state index < -0.39 is 5.89 Å². The molecule has 11 rings (SSSR count). The van der Waals surface area contributed by atoms with Crippen LogP contribution < -0.4 is 13.9 Å². The Bertz CT molecular complexity index is 3700. The van der Waals surface area contributed by atoms with Crippen LogP contribution in [0.4, 0.5) is 22.7 Å². The molecule has 0 aliphatic carbocycles. The van der Waals surface area contributed by atoms with E-state index in [1.165, 1.54) is 5.56 Å². The van der Waals surface area contributed by atoms with Crippen LogP contribution in [0.2, 0.25) is 0 Å². The number of ether oxygens (including phenoxy) is 1. The van der Waals surface area contributed by atoms with Gasteiger partial charge in [-0.2, -0.15) is 6.07 Å². The summed E-state index contributed by atoms with van der Waals surface area (Å²) in [5.41, 5.74) is 14.9. The molecular formula is C65H56N4OPt+2. The van der Waals surface area contributed by atoms with Gasteiger partial charge in [0, 0.05) is 36.2 Å². The Labute approximate surface area is 433 Å². The summed E-state index contributed by atoms with van der Waals surface area (Å²) in [6, 6.07) is 75.0. The van der Waals surface area contributed by atoms with Gasteiger partial charge < -0.3 is 9.30 Å². The first kappa shape index (κ1) is 46.0. The van der Waals surface area contributed by atoms with Crippen LogP contribution in [-0.4, -0.2) is 15.6 Å². The van der Waals surface area contributed by atoms with Gasteiger partial charge in [0.1, 0.15) is 11.5 Å². The Balaban J connectivity index is 0.00000596. The van der Waals surface area contributed by atoms with Crippen molar-refractivity contribution in [3.05, 3.63) is 217 Å². The standard InChI is InChI=1S/C65H56N4O.Pt/c1-43(2)53-26-19-29-59-63(53)68(62-54(45-22-14-10-15-23-45)27-18-28-55(62)46-24-16-11-17-25-46)42-67(59)50-37-49(65(6,7)8)38-52(40-50)70-51-31-32-56-57-36-47(44-20-12-9-13-21-44)30-33-58(57)69(60(56)41-51)61-39-48(34-35-66-61)64(3,4)5;/h9-39,43H,1-8H3;/q;+2/i43D;. The molecule has 0 atom stereocenters. The van der Waals surface area contributed by atoms with Gasteiger partial charge in [-0.05, 0) is 84.8 Å². The van der Waals surface area contributed by atoms with Gasteiger partial charge in [0.15, 0.2) is 0 Å². The zero-order valence-corrected chi connectivity index (χ0v) is 43.7. The second-order valence-electron chi connectivity index (χ2n) is 20.5. The predicted molar refractivity (Wildman–Crippen MR) is 291 cm³/mol. The first-order valence-electron chi connectivity index (χ1n) is 24.6. The van der Waals surface area contributed by atoms with Crippen LogP contribution in [0.3, 0.4) is 0 Å². The van der Waals surface area contributed by atoms with Crippen LogP contribution >= 0.6 is 0 Å². The largest absolute Gasteiger partial charge is 2.00 e. The van der Waals surface area contributed by atoms with Crippen molar-refractivity contribution in [3.8, 4) is 50.7 Å². The Kier molecular flexibility index (Phi) is 12.1. The minimum Gasteiger partial charge on any atom is -0.509 e. The molecule has 0 bridgehead atoms. The third-order valence-corrected chi connectivity index (χ3v) is 13.4. The number of para-hydroxylation sites is 2. The first-order chi connectivity index (χ1) is 34.1. The SMILES string of the molecule is [2H]C(C)(C)c1cccc2c1[N+](c1c(-c3ccccc3)cccc1-c1ccccc1)=C=[N+]2c1[c-]c(Oc2[c-]c3c(cc2)c2cc(-c4ccccc4)ccc2n3-c2cc(C(C)(C)C)ccn2)cc(C(C)(C)C)c1.[Pt+2]. The van der Waals surface area contributed by atoms with Crippen LogP contribution in [0.5, 0.6) is 11.5 Å². The molecule has 5 nitrogen and oxygen atoms in total. The van der Waals surface area contributed by atoms with Crippen molar-refractivity contribution in [2.24, 2.45) is 0 Å². The van der Waals surface area contributed by atoms with Gasteiger partial charge >= 0.3 is 32.8 Å². The van der Waals surface area contributed by atoms with Gasteiger partial charge in [-0.15, -0.1) is 29.1 Å². The predicted octanol–water partition coefficient (Wildman–Crippen LogP) is 17.1. The summed E-state index contributed by atoms with van der Waals surface area (Å²) >= 11 is 0. The minimum atomic E-state index is -0.940. The summed E-state index contributed by atoms with van der Waals surface area (Å²) < 4.78 is 23.0. The van der Waals surface area contributed by atoms with Gasteiger partial charge in [-0.25, -0.2) is 4.98 Å². The zero-order chi connectivity index (χ0) is 49.2. The summed E-state index contributed by atoms with van der Waals surface area (Å²) in [6.07, 6.45) is 1.91. The smallest absolute Gasteiger partial charge is 0.509 e. The van der Waals surface area contributed by atoms with Crippen LogP contribution in [0.15, 0.2) is 188 Å². The van der Waals surface area contributed by atoms with Crippen LogP contribution in [-0.2, 0) is 31.9 Å². The number of hydrogen-bond donors (Lipinski definition) is 0.